The second kappa shape index (κ2) is 9.65. The molecule has 0 spiro atoms. The number of hydrogen-bond acceptors (Lipinski definition) is 7. The maximum absolute atomic E-state index is 13.0. The lowest BCUT2D eigenvalue weighted by molar-refractivity contribution is -0.139. The summed E-state index contributed by atoms with van der Waals surface area (Å²) >= 11 is 15.9. The van der Waals surface area contributed by atoms with Crippen molar-refractivity contribution in [3.05, 3.63) is 85.2 Å². The van der Waals surface area contributed by atoms with Crippen molar-refractivity contribution < 1.29 is 19.1 Å². The van der Waals surface area contributed by atoms with Crippen molar-refractivity contribution in [2.24, 2.45) is 5.73 Å². The summed E-state index contributed by atoms with van der Waals surface area (Å²) < 4.78 is 10.3. The van der Waals surface area contributed by atoms with Crippen LogP contribution in [0.1, 0.15) is 11.5 Å². The van der Waals surface area contributed by atoms with E-state index in [-0.39, 0.29) is 33.4 Å². The first kappa shape index (κ1) is 23.7. The van der Waals surface area contributed by atoms with E-state index >= 15 is 0 Å². The Bertz CT molecular complexity index is 1180. The van der Waals surface area contributed by atoms with Crippen LogP contribution in [-0.2, 0) is 19.1 Å². The van der Waals surface area contributed by atoms with E-state index in [9.17, 15) is 14.9 Å². The van der Waals surface area contributed by atoms with Crippen molar-refractivity contribution in [3.63, 3.8) is 0 Å². The van der Waals surface area contributed by atoms with Crippen LogP contribution in [0.5, 0.6) is 0 Å². The van der Waals surface area contributed by atoms with Gasteiger partial charge in [-0.1, -0.05) is 53.5 Å². The molecule has 1 aliphatic rings. The van der Waals surface area contributed by atoms with E-state index in [1.807, 2.05) is 0 Å². The summed E-state index contributed by atoms with van der Waals surface area (Å²) in [6, 6.07) is 13.8. The first-order valence-corrected chi connectivity index (χ1v) is 10.6. The Morgan fingerprint density at radius 2 is 1.75 bits per heavy atom. The third-order valence-corrected chi connectivity index (χ3v) is 5.93. The average Bonchev–Trinajstić information content (AvgIpc) is 2.78. The molecular formula is C22H16BrCl2N3O4. The average molecular weight is 537 g/mol. The van der Waals surface area contributed by atoms with Gasteiger partial charge in [-0.15, -0.1) is 0 Å². The number of ether oxygens (including phenoxy) is 2. The molecule has 7 nitrogen and oxygen atoms in total. The van der Waals surface area contributed by atoms with Crippen molar-refractivity contribution in [2.75, 3.05) is 19.1 Å². The molecule has 0 amide bonds. The van der Waals surface area contributed by atoms with Gasteiger partial charge in [0.2, 0.25) is 0 Å². The van der Waals surface area contributed by atoms with E-state index in [1.165, 1.54) is 24.1 Å². The van der Waals surface area contributed by atoms with E-state index in [0.717, 1.165) is 7.11 Å². The highest BCUT2D eigenvalue weighted by molar-refractivity contribution is 9.10. The molecule has 0 aromatic heterocycles. The molecular weight excluding hydrogens is 521 g/mol. The summed E-state index contributed by atoms with van der Waals surface area (Å²) in [5.74, 6) is -2.77. The summed E-state index contributed by atoms with van der Waals surface area (Å²) in [7, 11) is 2.34. The van der Waals surface area contributed by atoms with E-state index in [2.05, 4.69) is 22.0 Å². The van der Waals surface area contributed by atoms with Crippen molar-refractivity contribution in [2.45, 2.75) is 5.92 Å². The molecule has 0 saturated heterocycles. The molecule has 10 heteroatoms. The van der Waals surface area contributed by atoms with Crippen LogP contribution in [0.4, 0.5) is 5.69 Å². The largest absolute Gasteiger partial charge is 0.466 e. The fraction of sp³-hybridized carbons (Fsp3) is 0.136. The number of esters is 2. The van der Waals surface area contributed by atoms with Crippen LogP contribution < -0.4 is 10.6 Å². The number of methoxy groups -OCH3 is 2. The summed E-state index contributed by atoms with van der Waals surface area (Å²) in [6.07, 6.45) is 0. The molecule has 0 fully saturated rings. The fourth-order valence-electron chi connectivity index (χ4n) is 3.49. The second-order valence-electron chi connectivity index (χ2n) is 6.55. The quantitative estimate of drug-likeness (QED) is 0.566. The summed E-state index contributed by atoms with van der Waals surface area (Å²) in [6.45, 7) is 0. The topological polar surface area (TPSA) is 106 Å². The van der Waals surface area contributed by atoms with E-state index in [1.54, 1.807) is 30.3 Å². The molecule has 2 aromatic carbocycles. The number of rotatable bonds is 4. The van der Waals surface area contributed by atoms with Gasteiger partial charge in [0, 0.05) is 9.50 Å². The Labute approximate surface area is 202 Å². The lowest BCUT2D eigenvalue weighted by atomic mass is 9.81. The number of nitrogens with two attached hydrogens (primary N) is 1. The van der Waals surface area contributed by atoms with Gasteiger partial charge in [-0.2, -0.15) is 5.26 Å². The number of carbonyl (C=O) groups is 2. The zero-order valence-corrected chi connectivity index (χ0v) is 20.0. The van der Waals surface area contributed by atoms with Gasteiger partial charge in [0.1, 0.15) is 11.5 Å². The zero-order chi connectivity index (χ0) is 23.6. The molecule has 0 aliphatic carbocycles. The van der Waals surface area contributed by atoms with Gasteiger partial charge >= 0.3 is 11.9 Å². The number of allylic oxidation sites excluding steroid dienone is 1. The Morgan fingerprint density at radius 3 is 2.28 bits per heavy atom. The number of nitriles is 1. The maximum atomic E-state index is 13.0. The number of benzene rings is 2. The third kappa shape index (κ3) is 4.07. The number of halogens is 3. The Hall–Kier alpha value is -2.99. The van der Waals surface area contributed by atoms with Crippen molar-refractivity contribution in [3.8, 4) is 6.07 Å². The smallest absolute Gasteiger partial charge is 0.355 e. The Balaban J connectivity index is 2.48. The number of nitrogens with zero attached hydrogens (tertiary/aromatic N) is 2. The normalized spacial score (nSPS) is 16.0. The summed E-state index contributed by atoms with van der Waals surface area (Å²) in [5, 5.41) is 10.5. The van der Waals surface area contributed by atoms with Gasteiger partial charge in [0.25, 0.3) is 0 Å². The van der Waals surface area contributed by atoms with Crippen molar-refractivity contribution in [1.29, 1.82) is 5.26 Å². The predicted molar refractivity (Wildman–Crippen MR) is 124 cm³/mol. The molecule has 0 bridgehead atoms. The third-order valence-electron chi connectivity index (χ3n) is 4.82. The number of carbonyl (C=O) groups excluding carboxylic acids is 2. The van der Waals surface area contributed by atoms with Crippen LogP contribution in [0.15, 0.2) is 69.6 Å². The molecule has 0 saturated carbocycles. The molecule has 32 heavy (non-hydrogen) atoms. The van der Waals surface area contributed by atoms with Gasteiger partial charge in [0.15, 0.2) is 0 Å². The van der Waals surface area contributed by atoms with Crippen LogP contribution >= 0.6 is 39.1 Å². The van der Waals surface area contributed by atoms with E-state index in [0.29, 0.717) is 15.1 Å². The minimum absolute atomic E-state index is 0.0298. The standard InChI is InChI=1S/C22H16BrCl2N3O4/c1-31-21(29)17-16(11-6-4-3-5-7-11)13(10-26)20(27)28(19(17)22(30)32-2)18-14(23)8-12(24)9-15(18)25/h3-9,16H,27H2,1-2H3. The van der Waals surface area contributed by atoms with Gasteiger partial charge < -0.3 is 15.2 Å². The molecule has 164 valence electrons. The molecule has 2 aromatic rings. The lowest BCUT2D eigenvalue weighted by Crippen LogP contribution is -2.41. The highest BCUT2D eigenvalue weighted by Gasteiger charge is 2.43. The molecule has 3 rings (SSSR count). The van der Waals surface area contributed by atoms with E-state index in [4.69, 9.17) is 38.4 Å². The number of hydrogen-bond donors (Lipinski definition) is 1. The van der Waals surface area contributed by atoms with Crippen LogP contribution in [0, 0.1) is 11.3 Å². The Morgan fingerprint density at radius 1 is 1.12 bits per heavy atom. The van der Waals surface area contributed by atoms with E-state index < -0.39 is 17.9 Å². The molecule has 1 aliphatic heterocycles. The van der Waals surface area contributed by atoms with Gasteiger partial charge in [-0.3, -0.25) is 4.90 Å². The van der Waals surface area contributed by atoms with Crippen LogP contribution in [-0.4, -0.2) is 26.2 Å². The first-order valence-electron chi connectivity index (χ1n) is 9.06. The minimum atomic E-state index is -0.969. The maximum Gasteiger partial charge on any atom is 0.355 e. The minimum Gasteiger partial charge on any atom is -0.466 e. The van der Waals surface area contributed by atoms with Gasteiger partial charge in [-0.25, -0.2) is 9.59 Å². The molecule has 2 N–H and O–H groups in total. The molecule has 1 heterocycles. The monoisotopic (exact) mass is 535 g/mol. The molecule has 0 radical (unpaired) electrons. The SMILES string of the molecule is COC(=O)C1=C(C(=O)OC)N(c2c(Cl)cc(Cl)cc2Br)C(N)=C(C#N)C1c1ccccc1. The summed E-state index contributed by atoms with van der Waals surface area (Å²) in [4.78, 5) is 27.2. The highest BCUT2D eigenvalue weighted by atomic mass is 79.9. The Kier molecular flexibility index (Phi) is 7.14. The van der Waals surface area contributed by atoms with Crippen molar-refractivity contribution in [1.82, 2.24) is 0 Å². The van der Waals surface area contributed by atoms with Crippen molar-refractivity contribution >= 4 is 56.8 Å². The summed E-state index contributed by atoms with van der Waals surface area (Å²) in [5.41, 5.74) is 6.89. The number of anilines is 1. The highest BCUT2D eigenvalue weighted by Crippen LogP contribution is 2.47. The van der Waals surface area contributed by atoms with Gasteiger partial charge in [0.05, 0.1) is 48.1 Å². The second-order valence-corrected chi connectivity index (χ2v) is 8.25. The fourth-order valence-corrected chi connectivity index (χ4v) is 4.96. The molecule has 1 atom stereocenters. The molecule has 1 unspecified atom stereocenters. The van der Waals surface area contributed by atoms with Crippen LogP contribution in [0.2, 0.25) is 10.0 Å². The first-order chi connectivity index (χ1) is 15.3. The van der Waals surface area contributed by atoms with Crippen LogP contribution in [0.25, 0.3) is 0 Å². The van der Waals surface area contributed by atoms with Gasteiger partial charge in [-0.05, 0) is 33.6 Å². The van der Waals surface area contributed by atoms with Crippen LogP contribution in [0.3, 0.4) is 0 Å². The lowest BCUT2D eigenvalue weighted by Gasteiger charge is -2.36. The zero-order valence-electron chi connectivity index (χ0n) is 16.9. The predicted octanol–water partition coefficient (Wildman–Crippen LogP) is 4.65.